The first-order valence-corrected chi connectivity index (χ1v) is 38.8. The van der Waals surface area contributed by atoms with Crippen molar-refractivity contribution in [3.8, 4) is 5.75 Å². The van der Waals surface area contributed by atoms with E-state index in [2.05, 4.69) is 48.1 Å². The number of urea groups is 1. The fraction of sp³-hybridized carbons (Fsp3) is 0.422. The molecule has 0 saturated carbocycles. The Hall–Kier alpha value is -11.2. The average molecular weight is 1560 g/mol. The van der Waals surface area contributed by atoms with Crippen molar-refractivity contribution in [1.29, 1.82) is 5.41 Å². The molecule has 6 aromatic carbocycles. The van der Waals surface area contributed by atoms with Gasteiger partial charge in [0.05, 0.1) is 34.6 Å². The number of aromatic nitrogens is 1. The lowest BCUT2D eigenvalue weighted by Crippen LogP contribution is -2.62. The monoisotopic (exact) mass is 1560 g/mol. The number of carbonyl (C=O) groups is 9. The maximum Gasteiger partial charge on any atom is 0.419 e. The molecule has 7 atom stereocenters. The van der Waals surface area contributed by atoms with Crippen LogP contribution in [0.4, 0.5) is 9.59 Å². The van der Waals surface area contributed by atoms with E-state index in [1.165, 1.54) is 17.8 Å². The van der Waals surface area contributed by atoms with Crippen LogP contribution in [0.15, 0.2) is 157 Å². The van der Waals surface area contributed by atoms with Crippen LogP contribution in [0, 0.1) is 32.1 Å². The minimum absolute atomic E-state index is 0.0292. The summed E-state index contributed by atoms with van der Waals surface area (Å²) < 4.78 is 49.0. The third-order valence-corrected chi connectivity index (χ3v) is 21.1. The van der Waals surface area contributed by atoms with Crippen molar-refractivity contribution in [3.63, 3.8) is 0 Å². The van der Waals surface area contributed by atoms with Crippen LogP contribution in [0.1, 0.15) is 152 Å². The Balaban J connectivity index is 0.991. The second-order valence-electron chi connectivity index (χ2n) is 31.3. The number of ether oxygens (including phenoxy) is 3. The number of nitrogens with one attached hydrogen (secondary N) is 10. The topological polar surface area (TPSA) is 402 Å². The van der Waals surface area contributed by atoms with Gasteiger partial charge in [-0.25, -0.2) is 32.5 Å². The minimum atomic E-state index is -4.36. The van der Waals surface area contributed by atoms with Crippen molar-refractivity contribution in [1.82, 2.24) is 56.9 Å². The molecular formula is C83H107N13O15S. The summed E-state index contributed by atoms with van der Waals surface area (Å²) in [6, 6.07) is 32.9. The number of aliphatic carboxylic acids is 1. The van der Waals surface area contributed by atoms with E-state index in [1.807, 2.05) is 105 Å². The maximum absolute atomic E-state index is 14.8. The van der Waals surface area contributed by atoms with Gasteiger partial charge in [0.1, 0.15) is 52.7 Å². The van der Waals surface area contributed by atoms with Crippen LogP contribution in [0.3, 0.4) is 0 Å². The van der Waals surface area contributed by atoms with Crippen molar-refractivity contribution >= 4 is 80.4 Å². The fourth-order valence-corrected chi connectivity index (χ4v) is 15.3. The van der Waals surface area contributed by atoms with Crippen molar-refractivity contribution in [2.24, 2.45) is 11.7 Å². The molecule has 0 aliphatic carbocycles. The summed E-state index contributed by atoms with van der Waals surface area (Å²) >= 11 is 0. The SMILES string of the molecule is Cc1c(C)c(S(=O)(=O)N(C)C(=N)NCCC[C@H](NC(=O)[C@H](CC(C)C)NC(=O)NNC(=O)[C@H](Cc2ccccc2)NC(=O)[C@@H](NC(=O)[C@@H](N)CC(=O)NC(c2ccccc2)(c2ccccc2)c2ccccc2)[C@@H](C)OC(C)(C)C)C(=O)N[C@@H](Cc2cn(C(=O)OC(C)(C)C)c3ccccc23)C(=O)O)c(C)c2c1OC(C)(C)C2. The molecule has 0 saturated heterocycles. The summed E-state index contributed by atoms with van der Waals surface area (Å²) in [5, 5.41) is 39.4. The molecule has 0 fully saturated rings. The lowest BCUT2D eigenvalue weighted by atomic mass is 9.77. The predicted octanol–water partition coefficient (Wildman–Crippen LogP) is 8.27. The number of sulfonamides is 1. The molecule has 600 valence electrons. The lowest BCUT2D eigenvalue weighted by Gasteiger charge is -2.37. The molecule has 0 radical (unpaired) electrons. The number of carboxylic acids is 1. The van der Waals surface area contributed by atoms with Crippen LogP contribution >= 0.6 is 0 Å². The van der Waals surface area contributed by atoms with E-state index in [1.54, 1.807) is 138 Å². The molecular weight excluding hydrogens is 1450 g/mol. The normalized spacial score (nSPS) is 14.6. The zero-order chi connectivity index (χ0) is 82.4. The molecule has 8 rings (SSSR count). The standard InChI is InChI=1S/C83H107N13O15S/c1-49(2)43-63(73(100)87-62(72(99)89-65(76(103)104)45-55-48-96(79(106)111-81(10,11)12)66-41-29-28-39-59(55)66)40-30-42-86-77(85)95(15)112(107,108)70-51(4)50(3)69-60(52(70)5)47-82(13,14)110-69)90-78(105)94-93-74(101)64(44-54-31-20-16-21-32-54)88-75(102)68(53(6)109-80(7,8)9)91-71(98)61(84)46-67(97)92-83(56-33-22-17-23-34-56,57-35-24-18-25-36-57)58-37-26-19-27-38-58/h16-29,31-39,41,48-49,53,61-65,68H,30,40,42-47,84H2,1-15H3,(H2,85,86)(H,87,100)(H,88,102)(H,89,99)(H,91,98)(H,92,97)(H,93,101)(H,103,104)(H2,90,94,105)/t53-,61+,62+,63+,64+,65+,68+/m1/s1. The first-order chi connectivity index (χ1) is 52.6. The summed E-state index contributed by atoms with van der Waals surface area (Å²) in [5.41, 5.74) is 13.4. The Morgan fingerprint density at radius 3 is 1.73 bits per heavy atom. The number of nitrogens with zero attached hydrogens (tertiary/aromatic N) is 2. The number of rotatable bonds is 31. The molecule has 13 N–H and O–H groups in total. The Kier molecular flexibility index (Phi) is 28.4. The molecule has 28 nitrogen and oxygen atoms in total. The predicted molar refractivity (Wildman–Crippen MR) is 425 cm³/mol. The van der Waals surface area contributed by atoms with Crippen molar-refractivity contribution in [3.05, 3.63) is 202 Å². The number of nitrogens with two attached hydrogens (primary N) is 1. The first-order valence-electron chi connectivity index (χ1n) is 37.3. The number of benzene rings is 6. The van der Waals surface area contributed by atoms with E-state index >= 15 is 0 Å². The van der Waals surface area contributed by atoms with Crippen LogP contribution in [0.5, 0.6) is 5.75 Å². The van der Waals surface area contributed by atoms with E-state index in [-0.39, 0.29) is 49.5 Å². The summed E-state index contributed by atoms with van der Waals surface area (Å²) in [4.78, 5) is 128. The van der Waals surface area contributed by atoms with Gasteiger partial charge in [0, 0.05) is 50.0 Å². The van der Waals surface area contributed by atoms with Gasteiger partial charge in [0.2, 0.25) is 35.5 Å². The third-order valence-electron chi connectivity index (χ3n) is 19.1. The van der Waals surface area contributed by atoms with Gasteiger partial charge in [-0.05, 0) is 159 Å². The summed E-state index contributed by atoms with van der Waals surface area (Å²) in [5.74, 6) is -6.97. The molecule has 1 aliphatic rings. The number of amides is 8. The van der Waals surface area contributed by atoms with Gasteiger partial charge in [-0.15, -0.1) is 0 Å². The van der Waals surface area contributed by atoms with Crippen LogP contribution in [-0.4, -0.2) is 155 Å². The van der Waals surface area contributed by atoms with Crippen molar-refractivity contribution < 1.29 is 70.9 Å². The molecule has 2 heterocycles. The lowest BCUT2D eigenvalue weighted by molar-refractivity contribution is -0.142. The quantitative estimate of drug-likeness (QED) is 0.00639. The zero-order valence-corrected chi connectivity index (χ0v) is 67.1. The zero-order valence-electron chi connectivity index (χ0n) is 66.3. The van der Waals surface area contributed by atoms with Crippen LogP contribution in [0.25, 0.3) is 10.9 Å². The third kappa shape index (κ3) is 22.1. The van der Waals surface area contributed by atoms with Crippen LogP contribution in [0.2, 0.25) is 0 Å². The summed E-state index contributed by atoms with van der Waals surface area (Å²) in [7, 11) is -3.13. The minimum Gasteiger partial charge on any atom is -0.487 e. The van der Waals surface area contributed by atoms with Crippen LogP contribution in [-0.2, 0) is 77.9 Å². The molecule has 0 spiro atoms. The molecule has 7 aromatic rings. The molecule has 1 aromatic heterocycles. The second-order valence-corrected chi connectivity index (χ2v) is 33.2. The van der Waals surface area contributed by atoms with Gasteiger partial charge in [0.15, 0.2) is 0 Å². The Morgan fingerprint density at radius 1 is 0.643 bits per heavy atom. The van der Waals surface area contributed by atoms with Crippen molar-refractivity contribution in [2.75, 3.05) is 13.6 Å². The molecule has 112 heavy (non-hydrogen) atoms. The van der Waals surface area contributed by atoms with Gasteiger partial charge < -0.3 is 62.3 Å². The highest BCUT2D eigenvalue weighted by atomic mass is 32.2. The second kappa shape index (κ2) is 36.8. The Morgan fingerprint density at radius 2 is 1.18 bits per heavy atom. The van der Waals surface area contributed by atoms with Gasteiger partial charge in [0.25, 0.3) is 15.9 Å². The fourth-order valence-electron chi connectivity index (χ4n) is 13.7. The van der Waals surface area contributed by atoms with Gasteiger partial charge in [-0.3, -0.25) is 44.2 Å². The highest BCUT2D eigenvalue weighted by Crippen LogP contribution is 2.45. The molecule has 1 aliphatic heterocycles. The number of fused-ring (bicyclic) bond motifs is 2. The number of guanidine groups is 1. The number of para-hydroxylation sites is 1. The summed E-state index contributed by atoms with van der Waals surface area (Å²) in [6.07, 6.45) is -1.36. The largest absolute Gasteiger partial charge is 0.487 e. The smallest absolute Gasteiger partial charge is 0.419 e. The highest BCUT2D eigenvalue weighted by Gasteiger charge is 2.42. The molecule has 0 unspecified atom stereocenters. The first kappa shape index (κ1) is 86.4. The number of hydrogen-bond acceptors (Lipinski definition) is 16. The van der Waals surface area contributed by atoms with Gasteiger partial charge >= 0.3 is 18.1 Å². The van der Waals surface area contributed by atoms with Crippen LogP contribution < -0.4 is 58.5 Å². The van der Waals surface area contributed by atoms with E-state index < -0.39 is 141 Å². The van der Waals surface area contributed by atoms with E-state index in [4.69, 9.17) is 25.4 Å². The summed E-state index contributed by atoms with van der Waals surface area (Å²) in [6.45, 7) is 24.2. The molecule has 8 amide bonds. The number of hydrazine groups is 1. The maximum atomic E-state index is 14.8. The number of carbonyl (C=O) groups excluding carboxylic acids is 8. The van der Waals surface area contributed by atoms with E-state index in [0.29, 0.717) is 50.9 Å². The van der Waals surface area contributed by atoms with Gasteiger partial charge in [-0.2, -0.15) is 0 Å². The van der Waals surface area contributed by atoms with E-state index in [0.717, 1.165) is 26.6 Å². The number of hydrogen-bond donors (Lipinski definition) is 12. The number of carboxylic acid groups (broad SMARTS) is 1. The van der Waals surface area contributed by atoms with Crippen molar-refractivity contribution in [2.45, 2.75) is 211 Å². The Bertz CT molecular complexity index is 4580. The molecule has 29 heteroatoms. The average Bonchev–Trinajstić information content (AvgIpc) is 1.46. The van der Waals surface area contributed by atoms with E-state index in [9.17, 15) is 56.7 Å². The Labute approximate surface area is 654 Å². The highest BCUT2D eigenvalue weighted by molar-refractivity contribution is 7.89. The van der Waals surface area contributed by atoms with Gasteiger partial charge in [-0.1, -0.05) is 153 Å². The molecule has 0 bridgehead atoms.